The third-order valence-corrected chi connectivity index (χ3v) is 6.12. The summed E-state index contributed by atoms with van der Waals surface area (Å²) in [5.74, 6) is 1.98. The van der Waals surface area contributed by atoms with E-state index in [0.29, 0.717) is 38.2 Å². The summed E-state index contributed by atoms with van der Waals surface area (Å²) >= 11 is 0. The number of fused-ring (bicyclic) bond motifs is 2. The van der Waals surface area contributed by atoms with Gasteiger partial charge in [-0.3, -0.25) is 4.79 Å². The standard InChI is InChI=1S/C20H24N4O3/c25-18(14-3-1-4-14)24-7-6-20(12-24)13-26-11-15-9-21-19(23-17(15)20)22-10-16-5-2-8-27-16/h2,5,8-9,14H,1,3-4,6-7,10-13H2,(H,21,22,23)/t20-/m1/s1. The molecule has 2 aromatic rings. The van der Waals surface area contributed by atoms with Gasteiger partial charge in [0.05, 0.1) is 37.1 Å². The van der Waals surface area contributed by atoms with Crippen LogP contribution in [0.15, 0.2) is 29.0 Å². The molecular weight excluding hydrogens is 344 g/mol. The Morgan fingerprint density at radius 1 is 1.41 bits per heavy atom. The quantitative estimate of drug-likeness (QED) is 0.893. The van der Waals surface area contributed by atoms with Gasteiger partial charge in [-0.05, 0) is 31.4 Å². The van der Waals surface area contributed by atoms with Crippen LogP contribution in [0.4, 0.5) is 5.95 Å². The topological polar surface area (TPSA) is 80.5 Å². The van der Waals surface area contributed by atoms with Crippen LogP contribution in [-0.4, -0.2) is 40.5 Å². The van der Waals surface area contributed by atoms with Crippen molar-refractivity contribution in [3.05, 3.63) is 41.6 Å². The molecular formula is C20H24N4O3. The molecule has 0 aromatic carbocycles. The van der Waals surface area contributed by atoms with Crippen LogP contribution in [0.3, 0.4) is 0 Å². The van der Waals surface area contributed by atoms with Crippen molar-refractivity contribution in [2.45, 2.75) is 44.2 Å². The van der Waals surface area contributed by atoms with E-state index in [4.69, 9.17) is 14.1 Å². The van der Waals surface area contributed by atoms with Gasteiger partial charge in [0.25, 0.3) is 0 Å². The number of carbonyl (C=O) groups is 1. The minimum absolute atomic E-state index is 0.211. The molecule has 1 amide bonds. The molecule has 1 saturated carbocycles. The number of ether oxygens (including phenoxy) is 1. The lowest BCUT2D eigenvalue weighted by Crippen LogP contribution is -2.43. The van der Waals surface area contributed by atoms with E-state index in [1.165, 1.54) is 6.42 Å². The average Bonchev–Trinajstić information content (AvgIpc) is 3.30. The monoisotopic (exact) mass is 368 g/mol. The number of hydrogen-bond acceptors (Lipinski definition) is 6. The zero-order chi connectivity index (χ0) is 18.3. The Bertz CT molecular complexity index is 834. The summed E-state index contributed by atoms with van der Waals surface area (Å²) in [6, 6.07) is 3.78. The first kappa shape index (κ1) is 16.7. The van der Waals surface area contributed by atoms with E-state index in [2.05, 4.69) is 10.3 Å². The molecule has 1 atom stereocenters. The number of nitrogens with one attached hydrogen (secondary N) is 1. The third-order valence-electron chi connectivity index (χ3n) is 6.12. The second kappa shape index (κ2) is 6.64. The summed E-state index contributed by atoms with van der Waals surface area (Å²) in [6.45, 7) is 3.18. The number of aromatic nitrogens is 2. The summed E-state index contributed by atoms with van der Waals surface area (Å²) in [5, 5.41) is 3.24. The molecule has 4 heterocycles. The largest absolute Gasteiger partial charge is 0.467 e. The van der Waals surface area contributed by atoms with E-state index in [-0.39, 0.29) is 11.3 Å². The van der Waals surface area contributed by atoms with Crippen molar-refractivity contribution in [3.63, 3.8) is 0 Å². The minimum Gasteiger partial charge on any atom is -0.467 e. The van der Waals surface area contributed by atoms with E-state index < -0.39 is 0 Å². The molecule has 7 nitrogen and oxygen atoms in total. The molecule has 2 aliphatic heterocycles. The molecule has 0 bridgehead atoms. The SMILES string of the molecule is O=C(C1CCC1)N1CC[C@]2(COCc3cnc(NCc4ccco4)nc32)C1. The van der Waals surface area contributed by atoms with Crippen molar-refractivity contribution in [1.29, 1.82) is 0 Å². The summed E-state index contributed by atoms with van der Waals surface area (Å²) in [4.78, 5) is 24.0. The summed E-state index contributed by atoms with van der Waals surface area (Å²) in [7, 11) is 0. The van der Waals surface area contributed by atoms with Gasteiger partial charge in [-0.25, -0.2) is 9.97 Å². The molecule has 1 spiro atoms. The highest BCUT2D eigenvalue weighted by atomic mass is 16.5. The van der Waals surface area contributed by atoms with Gasteiger partial charge in [-0.15, -0.1) is 0 Å². The molecule has 7 heteroatoms. The van der Waals surface area contributed by atoms with Crippen LogP contribution in [0.5, 0.6) is 0 Å². The van der Waals surface area contributed by atoms with E-state index in [9.17, 15) is 4.79 Å². The molecule has 27 heavy (non-hydrogen) atoms. The number of rotatable bonds is 4. The smallest absolute Gasteiger partial charge is 0.225 e. The second-order valence-corrected chi connectivity index (χ2v) is 7.91. The lowest BCUT2D eigenvalue weighted by atomic mass is 9.80. The predicted molar refractivity (Wildman–Crippen MR) is 97.9 cm³/mol. The first-order chi connectivity index (χ1) is 13.2. The van der Waals surface area contributed by atoms with Crippen LogP contribution in [0, 0.1) is 5.92 Å². The molecule has 1 saturated heterocycles. The Labute approximate surface area is 158 Å². The van der Waals surface area contributed by atoms with Crippen molar-refractivity contribution < 1.29 is 13.9 Å². The summed E-state index contributed by atoms with van der Waals surface area (Å²) < 4.78 is 11.2. The van der Waals surface area contributed by atoms with Gasteiger partial charge in [0.1, 0.15) is 5.76 Å². The van der Waals surface area contributed by atoms with Gasteiger partial charge in [-0.1, -0.05) is 6.42 Å². The lowest BCUT2D eigenvalue weighted by Gasteiger charge is -2.35. The highest BCUT2D eigenvalue weighted by Crippen LogP contribution is 2.40. The zero-order valence-electron chi connectivity index (χ0n) is 15.3. The van der Waals surface area contributed by atoms with Gasteiger partial charge >= 0.3 is 0 Å². The predicted octanol–water partition coefficient (Wildman–Crippen LogP) is 2.48. The number of hydrogen-bond donors (Lipinski definition) is 1. The fourth-order valence-corrected chi connectivity index (χ4v) is 4.35. The number of furan rings is 1. The molecule has 0 unspecified atom stereocenters. The van der Waals surface area contributed by atoms with Crippen LogP contribution in [0.1, 0.15) is 42.7 Å². The van der Waals surface area contributed by atoms with Crippen molar-refractivity contribution in [2.24, 2.45) is 5.92 Å². The first-order valence-electron chi connectivity index (χ1n) is 9.73. The number of nitrogens with zero attached hydrogens (tertiary/aromatic N) is 3. The van der Waals surface area contributed by atoms with Crippen LogP contribution in [0.25, 0.3) is 0 Å². The number of carbonyl (C=O) groups excluding carboxylic acids is 1. The van der Waals surface area contributed by atoms with E-state index in [1.807, 2.05) is 23.2 Å². The molecule has 0 radical (unpaired) electrons. The fraction of sp³-hybridized carbons (Fsp3) is 0.550. The van der Waals surface area contributed by atoms with Crippen LogP contribution in [-0.2, 0) is 28.1 Å². The third kappa shape index (κ3) is 3.00. The number of likely N-dealkylation sites (tertiary alicyclic amines) is 1. The van der Waals surface area contributed by atoms with E-state index in [1.54, 1.807) is 6.26 Å². The molecule has 2 aromatic heterocycles. The number of anilines is 1. The van der Waals surface area contributed by atoms with E-state index >= 15 is 0 Å². The van der Waals surface area contributed by atoms with Gasteiger partial charge in [0, 0.05) is 30.8 Å². The Kier molecular flexibility index (Phi) is 4.11. The molecule has 142 valence electrons. The van der Waals surface area contributed by atoms with Gasteiger partial charge < -0.3 is 19.4 Å². The highest BCUT2D eigenvalue weighted by Gasteiger charge is 2.47. The van der Waals surface area contributed by atoms with Crippen LogP contribution in [0.2, 0.25) is 0 Å². The maximum Gasteiger partial charge on any atom is 0.225 e. The second-order valence-electron chi connectivity index (χ2n) is 7.91. The van der Waals surface area contributed by atoms with Crippen LogP contribution >= 0.6 is 0 Å². The summed E-state index contributed by atoms with van der Waals surface area (Å²) in [5.41, 5.74) is 1.86. The molecule has 1 aliphatic carbocycles. The molecule has 2 fully saturated rings. The number of amides is 1. The molecule has 3 aliphatic rings. The van der Waals surface area contributed by atoms with Crippen molar-refractivity contribution in [2.75, 3.05) is 25.0 Å². The Morgan fingerprint density at radius 3 is 3.11 bits per heavy atom. The van der Waals surface area contributed by atoms with Crippen molar-refractivity contribution >= 4 is 11.9 Å². The van der Waals surface area contributed by atoms with Crippen molar-refractivity contribution in [1.82, 2.24) is 14.9 Å². The fourth-order valence-electron chi connectivity index (χ4n) is 4.35. The highest BCUT2D eigenvalue weighted by molar-refractivity contribution is 5.80. The minimum atomic E-state index is -0.211. The summed E-state index contributed by atoms with van der Waals surface area (Å²) in [6.07, 6.45) is 7.66. The average molecular weight is 368 g/mol. The molecule has 1 N–H and O–H groups in total. The normalized spacial score (nSPS) is 24.7. The van der Waals surface area contributed by atoms with Gasteiger partial charge in [0.2, 0.25) is 11.9 Å². The first-order valence-corrected chi connectivity index (χ1v) is 9.73. The maximum absolute atomic E-state index is 12.7. The lowest BCUT2D eigenvalue weighted by molar-refractivity contribution is -0.137. The Hall–Kier alpha value is -2.41. The Morgan fingerprint density at radius 2 is 2.33 bits per heavy atom. The molecule has 5 rings (SSSR count). The zero-order valence-corrected chi connectivity index (χ0v) is 15.3. The van der Waals surface area contributed by atoms with Gasteiger partial charge in [-0.2, -0.15) is 0 Å². The Balaban J connectivity index is 1.36. The van der Waals surface area contributed by atoms with Crippen LogP contribution < -0.4 is 5.32 Å². The van der Waals surface area contributed by atoms with Crippen molar-refractivity contribution in [3.8, 4) is 0 Å². The van der Waals surface area contributed by atoms with Gasteiger partial charge in [0.15, 0.2) is 0 Å². The maximum atomic E-state index is 12.7. The van der Waals surface area contributed by atoms with E-state index in [0.717, 1.165) is 42.8 Å².